The van der Waals surface area contributed by atoms with Crippen LogP contribution in [0.4, 0.5) is 11.6 Å². The van der Waals surface area contributed by atoms with E-state index >= 15 is 0 Å². The van der Waals surface area contributed by atoms with Crippen molar-refractivity contribution in [2.45, 2.75) is 32.7 Å². The van der Waals surface area contributed by atoms with Gasteiger partial charge in [0.25, 0.3) is 11.8 Å². The molecule has 0 atom stereocenters. The van der Waals surface area contributed by atoms with Crippen molar-refractivity contribution in [2.24, 2.45) is 0 Å². The highest BCUT2D eigenvalue weighted by atomic mass is 32.1. The Morgan fingerprint density at radius 3 is 2.59 bits per heavy atom. The highest BCUT2D eigenvalue weighted by Gasteiger charge is 2.20. The van der Waals surface area contributed by atoms with Crippen molar-refractivity contribution in [3.8, 4) is 10.6 Å². The van der Waals surface area contributed by atoms with Gasteiger partial charge in [-0.3, -0.25) is 14.9 Å². The molecular formula is C31H32N6O3S. The van der Waals surface area contributed by atoms with Crippen LogP contribution in [0.25, 0.3) is 21.7 Å². The minimum absolute atomic E-state index is 0.0987. The number of amides is 2. The van der Waals surface area contributed by atoms with Crippen LogP contribution in [-0.2, 0) is 6.54 Å². The lowest BCUT2D eigenvalue weighted by Crippen LogP contribution is -2.32. The number of fused-ring (bicyclic) bond motifs is 1. The standard InChI is InChI=1S/C31H32N6O3S/c1-21-32-20-26(40-21)27-13-14-28(41-27)29(38)34-31-33-24-19-23(35(2)30(39)22-9-5-3-6-10-22)11-12-25(24)37(31)18-17-36-15-7-4-8-16-36/h3,5-6,9-14,19-20H,4,7-8,15-18H2,1-2H3,(H,33,34,38). The number of likely N-dealkylation sites (tertiary alicyclic amines) is 1. The lowest BCUT2D eigenvalue weighted by atomic mass is 10.1. The molecule has 2 aromatic carbocycles. The number of carbonyl (C=O) groups is 2. The number of hydrogen-bond acceptors (Lipinski definition) is 7. The fraction of sp³-hybridized carbons (Fsp3) is 0.290. The number of carbonyl (C=O) groups excluding carboxylic acids is 2. The lowest BCUT2D eigenvalue weighted by Gasteiger charge is -2.26. The van der Waals surface area contributed by atoms with Gasteiger partial charge in [-0.15, -0.1) is 11.3 Å². The first-order valence-corrected chi connectivity index (χ1v) is 14.7. The van der Waals surface area contributed by atoms with Gasteiger partial charge < -0.3 is 18.8 Å². The van der Waals surface area contributed by atoms with E-state index in [9.17, 15) is 9.59 Å². The molecule has 1 fully saturated rings. The summed E-state index contributed by atoms with van der Waals surface area (Å²) in [6, 6.07) is 18.7. The van der Waals surface area contributed by atoms with E-state index in [-0.39, 0.29) is 11.8 Å². The largest absolute Gasteiger partial charge is 0.440 e. The number of piperidine rings is 1. The second kappa shape index (κ2) is 11.7. The molecule has 2 amide bonds. The normalized spacial score (nSPS) is 13.9. The molecule has 41 heavy (non-hydrogen) atoms. The van der Waals surface area contributed by atoms with Crippen molar-refractivity contribution in [3.63, 3.8) is 0 Å². The number of nitrogens with one attached hydrogen (secondary N) is 1. The number of nitrogens with zero attached hydrogens (tertiary/aromatic N) is 5. The Morgan fingerprint density at radius 2 is 1.83 bits per heavy atom. The van der Waals surface area contributed by atoms with Gasteiger partial charge in [-0.1, -0.05) is 24.6 Å². The van der Waals surface area contributed by atoms with Crippen LogP contribution in [0, 0.1) is 6.92 Å². The SMILES string of the molecule is Cc1ncc(-c2ccc(C(=O)Nc3nc4cc(N(C)C(=O)c5ccccc5)ccc4n3CCN3CCCCC3)s2)o1. The number of benzene rings is 2. The highest BCUT2D eigenvalue weighted by Crippen LogP contribution is 2.30. The Hall–Kier alpha value is -4.28. The van der Waals surface area contributed by atoms with Gasteiger partial charge in [0.2, 0.25) is 5.95 Å². The van der Waals surface area contributed by atoms with Crippen LogP contribution in [0.1, 0.15) is 45.2 Å². The summed E-state index contributed by atoms with van der Waals surface area (Å²) in [5, 5.41) is 3.05. The second-order valence-corrected chi connectivity index (χ2v) is 11.3. The zero-order valence-electron chi connectivity index (χ0n) is 23.2. The van der Waals surface area contributed by atoms with Gasteiger partial charge in [0.05, 0.1) is 27.0 Å². The van der Waals surface area contributed by atoms with Crippen molar-refractivity contribution in [3.05, 3.63) is 83.2 Å². The minimum Gasteiger partial charge on any atom is -0.440 e. The van der Waals surface area contributed by atoms with Crippen LogP contribution in [0.3, 0.4) is 0 Å². The van der Waals surface area contributed by atoms with E-state index in [1.54, 1.807) is 43.3 Å². The fourth-order valence-corrected chi connectivity index (χ4v) is 6.04. The van der Waals surface area contributed by atoms with E-state index in [2.05, 4.69) is 19.8 Å². The van der Waals surface area contributed by atoms with Crippen LogP contribution in [0.5, 0.6) is 0 Å². The molecule has 210 valence electrons. The Kier molecular flexibility index (Phi) is 7.67. The molecule has 4 heterocycles. The first-order chi connectivity index (χ1) is 20.0. The quantitative estimate of drug-likeness (QED) is 0.244. The summed E-state index contributed by atoms with van der Waals surface area (Å²) >= 11 is 1.35. The third kappa shape index (κ3) is 5.79. The fourth-order valence-electron chi connectivity index (χ4n) is 5.20. The summed E-state index contributed by atoms with van der Waals surface area (Å²) in [5.74, 6) is 1.38. The molecule has 0 radical (unpaired) electrons. The van der Waals surface area contributed by atoms with Crippen molar-refractivity contribution in [2.75, 3.05) is 36.9 Å². The first kappa shape index (κ1) is 26.9. The van der Waals surface area contributed by atoms with E-state index in [0.29, 0.717) is 40.1 Å². The molecule has 10 heteroatoms. The maximum atomic E-state index is 13.4. The number of thiophene rings is 1. The van der Waals surface area contributed by atoms with E-state index in [0.717, 1.165) is 35.7 Å². The van der Waals surface area contributed by atoms with Gasteiger partial charge in [0.15, 0.2) is 11.7 Å². The molecule has 1 aliphatic rings. The Balaban J connectivity index is 1.28. The molecule has 6 rings (SSSR count). The summed E-state index contributed by atoms with van der Waals surface area (Å²) in [6.07, 6.45) is 5.37. The molecule has 1 aliphatic heterocycles. The summed E-state index contributed by atoms with van der Waals surface area (Å²) in [4.78, 5) is 40.9. The van der Waals surface area contributed by atoms with Crippen molar-refractivity contribution in [1.29, 1.82) is 0 Å². The maximum absolute atomic E-state index is 13.4. The Morgan fingerprint density at radius 1 is 1.02 bits per heavy atom. The molecule has 1 saturated heterocycles. The number of aryl methyl sites for hydroxylation is 1. The van der Waals surface area contributed by atoms with Crippen LogP contribution >= 0.6 is 11.3 Å². The highest BCUT2D eigenvalue weighted by molar-refractivity contribution is 7.17. The van der Waals surface area contributed by atoms with Gasteiger partial charge >= 0.3 is 0 Å². The Labute approximate surface area is 242 Å². The van der Waals surface area contributed by atoms with E-state index < -0.39 is 0 Å². The van der Waals surface area contributed by atoms with Crippen molar-refractivity contribution < 1.29 is 14.0 Å². The topological polar surface area (TPSA) is 96.5 Å². The number of oxazole rings is 1. The van der Waals surface area contributed by atoms with Crippen LogP contribution in [0.2, 0.25) is 0 Å². The van der Waals surface area contributed by atoms with E-state index in [4.69, 9.17) is 9.40 Å². The Bertz CT molecular complexity index is 1680. The average Bonchev–Trinajstić information content (AvgIpc) is 3.74. The summed E-state index contributed by atoms with van der Waals surface area (Å²) in [5.41, 5.74) is 2.97. The van der Waals surface area contributed by atoms with Crippen LogP contribution in [0.15, 0.2) is 71.3 Å². The van der Waals surface area contributed by atoms with Gasteiger partial charge in [-0.25, -0.2) is 9.97 Å². The van der Waals surface area contributed by atoms with E-state index in [1.165, 1.54) is 30.6 Å². The number of hydrogen-bond donors (Lipinski definition) is 1. The van der Waals surface area contributed by atoms with Gasteiger partial charge in [-0.2, -0.15) is 0 Å². The molecule has 5 aromatic rings. The van der Waals surface area contributed by atoms with Crippen molar-refractivity contribution in [1.82, 2.24) is 19.4 Å². The van der Waals surface area contributed by atoms with Crippen LogP contribution in [-0.4, -0.2) is 57.9 Å². The molecular weight excluding hydrogens is 536 g/mol. The van der Waals surface area contributed by atoms with E-state index in [1.807, 2.05) is 42.5 Å². The molecule has 0 bridgehead atoms. The zero-order chi connectivity index (χ0) is 28.3. The van der Waals surface area contributed by atoms with Crippen molar-refractivity contribution >= 4 is 45.8 Å². The third-order valence-corrected chi connectivity index (χ3v) is 8.55. The number of aromatic nitrogens is 3. The molecule has 0 spiro atoms. The monoisotopic (exact) mass is 568 g/mol. The summed E-state index contributed by atoms with van der Waals surface area (Å²) in [6.45, 7) is 5.53. The minimum atomic E-state index is -0.233. The number of imidazole rings is 1. The summed E-state index contributed by atoms with van der Waals surface area (Å²) < 4.78 is 7.69. The smallest absolute Gasteiger partial charge is 0.268 e. The van der Waals surface area contributed by atoms with Gasteiger partial charge in [0.1, 0.15) is 0 Å². The third-order valence-electron chi connectivity index (χ3n) is 7.45. The molecule has 9 nitrogen and oxygen atoms in total. The maximum Gasteiger partial charge on any atom is 0.268 e. The molecule has 0 aliphatic carbocycles. The molecule has 0 saturated carbocycles. The van der Waals surface area contributed by atoms with Gasteiger partial charge in [0, 0.05) is 38.3 Å². The number of anilines is 2. The first-order valence-electron chi connectivity index (χ1n) is 13.9. The number of rotatable bonds is 8. The average molecular weight is 569 g/mol. The van der Waals surface area contributed by atoms with Gasteiger partial charge in [-0.05, 0) is 68.4 Å². The predicted molar refractivity (Wildman–Crippen MR) is 162 cm³/mol. The molecule has 0 unspecified atom stereocenters. The molecule has 3 aromatic heterocycles. The summed E-state index contributed by atoms with van der Waals surface area (Å²) in [7, 11) is 1.76. The lowest BCUT2D eigenvalue weighted by molar-refractivity contribution is 0.0991. The zero-order valence-corrected chi connectivity index (χ0v) is 24.0. The van der Waals surface area contributed by atoms with Crippen LogP contribution < -0.4 is 10.2 Å². The molecule has 1 N–H and O–H groups in total. The second-order valence-electron chi connectivity index (χ2n) is 10.3. The predicted octanol–water partition coefficient (Wildman–Crippen LogP) is 6.08.